The van der Waals surface area contributed by atoms with Crippen LogP contribution in [0.15, 0.2) is 243 Å². The fraction of sp³-hybridized carbons (Fsp3) is 0. The first-order valence-electron chi connectivity index (χ1n) is 19.8. The Morgan fingerprint density at radius 2 is 0.298 bits per heavy atom. The SMILES string of the molecule is c1ccc(C2=[C](c3ccccc3)[Ge]3([C](c4ccccc4)=C2c2ccccc2)[C](c2ccccc2)=C(c2ccccc2)C(c2ccccc2)=[C]3c2ccccc2)cc1. The van der Waals surface area contributed by atoms with E-state index >= 15 is 0 Å². The van der Waals surface area contributed by atoms with Crippen LogP contribution in [-0.2, 0) is 0 Å². The minimum absolute atomic E-state index is 1.24. The van der Waals surface area contributed by atoms with Gasteiger partial charge in [-0.1, -0.05) is 0 Å². The molecule has 0 N–H and O–H groups in total. The molecule has 0 bridgehead atoms. The molecule has 268 valence electrons. The van der Waals surface area contributed by atoms with Gasteiger partial charge < -0.3 is 0 Å². The molecule has 0 aliphatic carbocycles. The number of hydrogen-bond acceptors (Lipinski definition) is 0. The Morgan fingerprint density at radius 3 is 0.456 bits per heavy atom. The topological polar surface area (TPSA) is 0 Å². The van der Waals surface area contributed by atoms with Crippen molar-refractivity contribution in [3.8, 4) is 0 Å². The van der Waals surface area contributed by atoms with Crippen molar-refractivity contribution < 1.29 is 0 Å². The van der Waals surface area contributed by atoms with Crippen molar-refractivity contribution in [2.45, 2.75) is 0 Å². The van der Waals surface area contributed by atoms with Gasteiger partial charge >= 0.3 is 340 Å². The standard InChI is InChI=1S/C56H40Ge/c1-9-25-41(26-10-1)49-50(42-27-11-2-12-28-42)54(46-35-19-6-20-36-46)57(53(49)45-33-17-5-18-34-45)55(47-37-21-7-22-38-47)51(43-29-13-3-14-30-43)52(44-31-15-4-16-32-44)56(57)48-39-23-8-24-40-48/h1-40H. The second kappa shape index (κ2) is 15.1. The molecule has 0 aromatic heterocycles. The summed E-state index contributed by atoms with van der Waals surface area (Å²) in [7, 11) is 0. The molecule has 8 aromatic carbocycles. The van der Waals surface area contributed by atoms with E-state index < -0.39 is 13.3 Å². The van der Waals surface area contributed by atoms with Gasteiger partial charge in [-0.15, -0.1) is 0 Å². The zero-order valence-electron chi connectivity index (χ0n) is 31.6. The van der Waals surface area contributed by atoms with Crippen LogP contribution >= 0.6 is 0 Å². The van der Waals surface area contributed by atoms with Crippen LogP contribution in [0, 0.1) is 0 Å². The van der Waals surface area contributed by atoms with Gasteiger partial charge in [-0.05, 0) is 0 Å². The molecule has 0 saturated heterocycles. The Bertz CT molecular complexity index is 2400. The molecular formula is C56H40Ge. The fourth-order valence-corrected chi connectivity index (χ4v) is 23.0. The van der Waals surface area contributed by atoms with Gasteiger partial charge in [-0.3, -0.25) is 0 Å². The summed E-state index contributed by atoms with van der Waals surface area (Å²) in [5, 5.41) is 0. The molecule has 2 aliphatic rings. The third kappa shape index (κ3) is 5.84. The van der Waals surface area contributed by atoms with Gasteiger partial charge in [0.05, 0.1) is 0 Å². The molecule has 2 heterocycles. The molecule has 10 rings (SSSR count). The zero-order valence-corrected chi connectivity index (χ0v) is 33.7. The molecule has 0 fully saturated rings. The Balaban J connectivity index is 1.56. The van der Waals surface area contributed by atoms with Gasteiger partial charge in [0, 0.05) is 0 Å². The summed E-state index contributed by atoms with van der Waals surface area (Å²) in [6.45, 7) is 0. The van der Waals surface area contributed by atoms with Gasteiger partial charge in [-0.2, -0.15) is 0 Å². The van der Waals surface area contributed by atoms with E-state index in [9.17, 15) is 0 Å². The number of allylic oxidation sites excluding steroid dienone is 4. The second-order valence-corrected chi connectivity index (χ2v) is 22.0. The third-order valence-corrected chi connectivity index (χ3v) is 22.3. The molecular weight excluding hydrogens is 745 g/mol. The van der Waals surface area contributed by atoms with Gasteiger partial charge in [0.25, 0.3) is 0 Å². The summed E-state index contributed by atoms with van der Waals surface area (Å²) in [6, 6.07) is 90.2. The van der Waals surface area contributed by atoms with Crippen molar-refractivity contribution in [2.24, 2.45) is 0 Å². The van der Waals surface area contributed by atoms with Crippen LogP contribution in [0.5, 0.6) is 0 Å². The summed E-state index contributed by atoms with van der Waals surface area (Å²) in [4.78, 5) is 0. The number of hydrogen-bond donors (Lipinski definition) is 0. The number of rotatable bonds is 8. The Morgan fingerprint density at radius 1 is 0.158 bits per heavy atom. The first-order chi connectivity index (χ1) is 28.4. The van der Waals surface area contributed by atoms with Crippen LogP contribution < -0.4 is 0 Å². The van der Waals surface area contributed by atoms with Gasteiger partial charge in [0.2, 0.25) is 0 Å². The van der Waals surface area contributed by atoms with Gasteiger partial charge in [-0.25, -0.2) is 0 Å². The number of benzene rings is 8. The second-order valence-electron chi connectivity index (χ2n) is 14.7. The van der Waals surface area contributed by atoms with E-state index in [1.54, 1.807) is 0 Å². The molecule has 0 saturated carbocycles. The third-order valence-electron chi connectivity index (χ3n) is 11.5. The molecule has 0 unspecified atom stereocenters. The van der Waals surface area contributed by atoms with Crippen molar-refractivity contribution in [1.82, 2.24) is 0 Å². The van der Waals surface area contributed by atoms with Crippen LogP contribution in [0.2, 0.25) is 0 Å². The predicted octanol–water partition coefficient (Wildman–Crippen LogP) is 14.1. The summed E-state index contributed by atoms with van der Waals surface area (Å²) in [5.41, 5.74) is 15.4. The Hall–Kier alpha value is -6.74. The van der Waals surface area contributed by atoms with E-state index in [1.165, 1.54) is 84.4 Å². The van der Waals surface area contributed by atoms with E-state index in [4.69, 9.17) is 0 Å². The molecule has 0 radical (unpaired) electrons. The molecule has 0 amide bonds. The summed E-state index contributed by atoms with van der Waals surface area (Å²) in [5.74, 6) is 0. The van der Waals surface area contributed by atoms with Crippen LogP contribution in [0.1, 0.15) is 44.5 Å². The minimum atomic E-state index is -4.33. The van der Waals surface area contributed by atoms with Gasteiger partial charge in [0.1, 0.15) is 0 Å². The normalized spacial score (nSPS) is 14.9. The maximum atomic E-state index is 2.37. The average molecular weight is 786 g/mol. The van der Waals surface area contributed by atoms with E-state index in [0.29, 0.717) is 0 Å². The molecule has 1 spiro atoms. The van der Waals surface area contributed by atoms with Crippen molar-refractivity contribution in [1.29, 1.82) is 0 Å². The summed E-state index contributed by atoms with van der Waals surface area (Å²) < 4.78 is 5.88. The van der Waals surface area contributed by atoms with E-state index in [1.807, 2.05) is 0 Å². The fourth-order valence-electron chi connectivity index (χ4n) is 9.44. The van der Waals surface area contributed by atoms with E-state index in [0.717, 1.165) is 0 Å². The monoisotopic (exact) mass is 786 g/mol. The zero-order chi connectivity index (χ0) is 38.0. The van der Waals surface area contributed by atoms with Crippen LogP contribution in [-0.4, -0.2) is 13.3 Å². The first kappa shape index (κ1) is 34.7. The van der Waals surface area contributed by atoms with Crippen LogP contribution in [0.25, 0.3) is 39.9 Å². The van der Waals surface area contributed by atoms with Crippen molar-refractivity contribution in [2.75, 3.05) is 0 Å². The van der Waals surface area contributed by atoms with Crippen molar-refractivity contribution >= 4 is 53.2 Å². The molecule has 0 nitrogen and oxygen atoms in total. The molecule has 0 atom stereocenters. The maximum absolute atomic E-state index is 4.33. The van der Waals surface area contributed by atoms with E-state index in [-0.39, 0.29) is 0 Å². The van der Waals surface area contributed by atoms with Gasteiger partial charge in [0.15, 0.2) is 0 Å². The average Bonchev–Trinajstić information content (AvgIpc) is 3.79. The van der Waals surface area contributed by atoms with Crippen molar-refractivity contribution in [3.05, 3.63) is 287 Å². The Labute approximate surface area is 338 Å². The quantitative estimate of drug-likeness (QED) is 0.135. The van der Waals surface area contributed by atoms with Crippen LogP contribution in [0.3, 0.4) is 0 Å². The predicted molar refractivity (Wildman–Crippen MR) is 245 cm³/mol. The summed E-state index contributed by atoms with van der Waals surface area (Å²) in [6.07, 6.45) is 0. The molecule has 2 aliphatic heterocycles. The van der Waals surface area contributed by atoms with Crippen molar-refractivity contribution in [3.63, 3.8) is 0 Å². The molecule has 1 heteroatoms. The molecule has 8 aromatic rings. The first-order valence-corrected chi connectivity index (χ1v) is 24.0. The van der Waals surface area contributed by atoms with E-state index in [2.05, 4.69) is 243 Å². The van der Waals surface area contributed by atoms with Crippen LogP contribution in [0.4, 0.5) is 0 Å². The Kier molecular flexibility index (Phi) is 9.18. The molecule has 57 heavy (non-hydrogen) atoms. The summed E-state index contributed by atoms with van der Waals surface area (Å²) >= 11 is -4.33.